The molecule has 0 radical (unpaired) electrons. The fourth-order valence-corrected chi connectivity index (χ4v) is 4.91. The van der Waals surface area contributed by atoms with Gasteiger partial charge >= 0.3 is 12.0 Å². The summed E-state index contributed by atoms with van der Waals surface area (Å²) >= 11 is 0. The Hall–Kier alpha value is -5.13. The van der Waals surface area contributed by atoms with Gasteiger partial charge in [-0.25, -0.2) is 19.6 Å². The van der Waals surface area contributed by atoms with Gasteiger partial charge < -0.3 is 21.1 Å². The number of nitrogens with one attached hydrogen (secondary N) is 4. The number of nitrogens with zero attached hydrogens (tertiary/aromatic N) is 2. The molecule has 2 aliphatic rings. The van der Waals surface area contributed by atoms with Crippen molar-refractivity contribution in [2.75, 3.05) is 0 Å². The normalized spacial score (nSPS) is 17.7. The molecule has 1 unspecified atom stereocenters. The number of carbonyl (C=O) groups excluding carboxylic acids is 4. The van der Waals surface area contributed by atoms with Crippen LogP contribution in [0.1, 0.15) is 77.7 Å². The molecule has 5 rings (SSSR count). The van der Waals surface area contributed by atoms with Crippen LogP contribution < -0.4 is 21.3 Å². The van der Waals surface area contributed by atoms with Gasteiger partial charge in [-0.05, 0) is 53.6 Å². The molecular formula is C27H24N6O6. The zero-order valence-electron chi connectivity index (χ0n) is 20.8. The number of imide groups is 1. The Kier molecular flexibility index (Phi) is 6.75. The number of amides is 5. The highest BCUT2D eigenvalue weighted by molar-refractivity contribution is 6.04. The van der Waals surface area contributed by atoms with Gasteiger partial charge in [-0.15, -0.1) is 0 Å². The third-order valence-corrected chi connectivity index (χ3v) is 6.87. The number of urea groups is 1. The van der Waals surface area contributed by atoms with Crippen LogP contribution in [-0.4, -0.2) is 44.8 Å². The standard InChI is InChI=1S/C27H24N6O6/c1-13-16-7-8-19(18(16)6-5-17(13)26(37)38)31-24(35)21-10-20(29-12-30-21)23(34)28-11-14-3-2-4-15(9-14)22-25(36)33-27(39)32-22/h2-6,9-10,12,19,22H,7-8,11H2,1H3,(H,28,34)(H,31,35)(H,37,38)(H2,32,33,36,39)/t19-,22?/m0/s1. The summed E-state index contributed by atoms with van der Waals surface area (Å²) in [5, 5.41) is 19.7. The van der Waals surface area contributed by atoms with Gasteiger partial charge in [0, 0.05) is 12.6 Å². The first kappa shape index (κ1) is 25.5. The predicted molar refractivity (Wildman–Crippen MR) is 136 cm³/mol. The van der Waals surface area contributed by atoms with E-state index in [4.69, 9.17) is 0 Å². The molecule has 2 heterocycles. The van der Waals surface area contributed by atoms with E-state index < -0.39 is 35.8 Å². The number of aromatic nitrogens is 2. The average Bonchev–Trinajstić information content (AvgIpc) is 3.49. The number of carbonyl (C=O) groups is 5. The van der Waals surface area contributed by atoms with E-state index in [0.717, 1.165) is 17.5 Å². The van der Waals surface area contributed by atoms with Crippen molar-refractivity contribution < 1.29 is 29.1 Å². The van der Waals surface area contributed by atoms with Crippen LogP contribution in [0.2, 0.25) is 0 Å². The molecule has 198 valence electrons. The van der Waals surface area contributed by atoms with Gasteiger partial charge in [0.2, 0.25) is 0 Å². The van der Waals surface area contributed by atoms with Gasteiger partial charge in [0.1, 0.15) is 23.8 Å². The molecule has 12 heteroatoms. The second-order valence-corrected chi connectivity index (χ2v) is 9.29. The molecule has 2 atom stereocenters. The van der Waals surface area contributed by atoms with Crippen LogP contribution in [0.4, 0.5) is 4.79 Å². The highest BCUT2D eigenvalue weighted by atomic mass is 16.4. The molecule has 0 spiro atoms. The molecule has 12 nitrogen and oxygen atoms in total. The fraction of sp³-hybridized carbons (Fsp3) is 0.222. The van der Waals surface area contributed by atoms with Crippen molar-refractivity contribution in [1.29, 1.82) is 0 Å². The molecule has 0 bridgehead atoms. The molecule has 3 aromatic rings. The van der Waals surface area contributed by atoms with Crippen LogP contribution in [0.25, 0.3) is 0 Å². The molecule has 2 aromatic carbocycles. The summed E-state index contributed by atoms with van der Waals surface area (Å²) < 4.78 is 0. The molecule has 1 aliphatic carbocycles. The molecule has 1 aromatic heterocycles. The Morgan fingerprint density at radius 2 is 1.82 bits per heavy atom. The molecule has 1 fully saturated rings. The molecule has 39 heavy (non-hydrogen) atoms. The number of carboxylic acid groups (broad SMARTS) is 1. The van der Waals surface area contributed by atoms with Crippen LogP contribution in [0, 0.1) is 6.92 Å². The van der Waals surface area contributed by atoms with Crippen molar-refractivity contribution in [3.05, 3.63) is 93.6 Å². The van der Waals surface area contributed by atoms with Gasteiger partial charge in [-0.2, -0.15) is 0 Å². The van der Waals surface area contributed by atoms with Crippen LogP contribution in [0.5, 0.6) is 0 Å². The lowest BCUT2D eigenvalue weighted by atomic mass is 9.98. The van der Waals surface area contributed by atoms with E-state index >= 15 is 0 Å². The highest BCUT2D eigenvalue weighted by Gasteiger charge is 2.31. The number of benzene rings is 2. The average molecular weight is 529 g/mol. The third-order valence-electron chi connectivity index (χ3n) is 6.87. The monoisotopic (exact) mass is 528 g/mol. The summed E-state index contributed by atoms with van der Waals surface area (Å²) in [7, 11) is 0. The first-order valence-corrected chi connectivity index (χ1v) is 12.2. The van der Waals surface area contributed by atoms with Crippen molar-refractivity contribution in [2.45, 2.75) is 38.4 Å². The number of fused-ring (bicyclic) bond motifs is 1. The molecular weight excluding hydrogens is 504 g/mol. The minimum Gasteiger partial charge on any atom is -0.478 e. The van der Waals surface area contributed by atoms with Gasteiger partial charge in [0.15, 0.2) is 0 Å². The lowest BCUT2D eigenvalue weighted by molar-refractivity contribution is -0.120. The summed E-state index contributed by atoms with van der Waals surface area (Å²) in [5.74, 6) is -2.44. The Balaban J connectivity index is 1.23. The number of rotatable bonds is 7. The SMILES string of the molecule is Cc1c(C(=O)O)ccc2c1CC[C@@H]2NC(=O)c1cc(C(=O)NCc2cccc(C3NC(=O)NC3=O)c2)ncn1. The maximum atomic E-state index is 12.9. The van der Waals surface area contributed by atoms with E-state index in [1.807, 2.05) is 0 Å². The van der Waals surface area contributed by atoms with Crippen molar-refractivity contribution in [3.8, 4) is 0 Å². The van der Waals surface area contributed by atoms with E-state index in [0.29, 0.717) is 29.5 Å². The van der Waals surface area contributed by atoms with Crippen LogP contribution in [0.3, 0.4) is 0 Å². The summed E-state index contributed by atoms with van der Waals surface area (Å²) in [5.41, 5.74) is 4.03. The van der Waals surface area contributed by atoms with Crippen molar-refractivity contribution in [1.82, 2.24) is 31.2 Å². The van der Waals surface area contributed by atoms with Crippen LogP contribution >= 0.6 is 0 Å². The highest BCUT2D eigenvalue weighted by Crippen LogP contribution is 2.34. The molecule has 1 aliphatic heterocycles. The molecule has 1 saturated heterocycles. The van der Waals surface area contributed by atoms with Crippen LogP contribution in [-0.2, 0) is 17.8 Å². The van der Waals surface area contributed by atoms with E-state index in [-0.39, 0.29) is 29.5 Å². The van der Waals surface area contributed by atoms with E-state index in [1.54, 1.807) is 43.3 Å². The first-order valence-electron chi connectivity index (χ1n) is 12.2. The minimum absolute atomic E-state index is 0.00232. The van der Waals surface area contributed by atoms with E-state index in [1.165, 1.54) is 6.07 Å². The smallest absolute Gasteiger partial charge is 0.335 e. The number of hydrogen-bond acceptors (Lipinski definition) is 7. The van der Waals surface area contributed by atoms with Gasteiger partial charge in [-0.1, -0.05) is 30.3 Å². The van der Waals surface area contributed by atoms with Crippen molar-refractivity contribution in [3.63, 3.8) is 0 Å². The number of aromatic carboxylic acids is 1. The predicted octanol–water partition coefficient (Wildman–Crippen LogP) is 1.71. The minimum atomic E-state index is -0.989. The van der Waals surface area contributed by atoms with E-state index in [9.17, 15) is 29.1 Å². The third kappa shape index (κ3) is 5.17. The zero-order chi connectivity index (χ0) is 27.7. The maximum Gasteiger partial charge on any atom is 0.335 e. The Morgan fingerprint density at radius 3 is 2.54 bits per heavy atom. The summed E-state index contributed by atoms with van der Waals surface area (Å²) in [4.78, 5) is 68.5. The van der Waals surface area contributed by atoms with Crippen molar-refractivity contribution >= 4 is 29.7 Å². The van der Waals surface area contributed by atoms with E-state index in [2.05, 4.69) is 31.2 Å². The topological polar surface area (TPSA) is 179 Å². The van der Waals surface area contributed by atoms with Gasteiger partial charge in [0.05, 0.1) is 11.6 Å². The largest absolute Gasteiger partial charge is 0.478 e. The summed E-state index contributed by atoms with van der Waals surface area (Å²) in [6, 6.07) is 9.78. The summed E-state index contributed by atoms with van der Waals surface area (Å²) in [6.07, 6.45) is 2.40. The Morgan fingerprint density at radius 1 is 1.05 bits per heavy atom. The quantitative estimate of drug-likeness (QED) is 0.288. The van der Waals surface area contributed by atoms with Gasteiger partial charge in [0.25, 0.3) is 17.7 Å². The lowest BCUT2D eigenvalue weighted by Gasteiger charge is -2.15. The lowest BCUT2D eigenvalue weighted by Crippen LogP contribution is -2.29. The molecule has 5 N–H and O–H groups in total. The number of carboxylic acids is 1. The number of hydrogen-bond donors (Lipinski definition) is 5. The fourth-order valence-electron chi connectivity index (χ4n) is 4.91. The zero-order valence-corrected chi connectivity index (χ0v) is 20.8. The molecule has 0 saturated carbocycles. The molecule has 5 amide bonds. The summed E-state index contributed by atoms with van der Waals surface area (Å²) in [6.45, 7) is 1.89. The Bertz CT molecular complexity index is 1540. The first-order chi connectivity index (χ1) is 18.7. The second-order valence-electron chi connectivity index (χ2n) is 9.29. The second kappa shape index (κ2) is 10.3. The van der Waals surface area contributed by atoms with Gasteiger partial charge in [-0.3, -0.25) is 19.7 Å². The van der Waals surface area contributed by atoms with Crippen molar-refractivity contribution in [2.24, 2.45) is 0 Å². The van der Waals surface area contributed by atoms with Crippen LogP contribution in [0.15, 0.2) is 48.8 Å². The maximum absolute atomic E-state index is 12.9. The Labute approximate surface area is 222 Å².